The predicted molar refractivity (Wildman–Crippen MR) is 125 cm³/mol. The van der Waals surface area contributed by atoms with Crippen molar-refractivity contribution in [3.05, 3.63) is 42.1 Å². The van der Waals surface area contributed by atoms with E-state index in [2.05, 4.69) is 45.7 Å². The SMILES string of the molecule is C=C1CN[C@@H](C)COc2ccccc2CCCNC(=O)C(CN2CCCC2)NC(=O)CN1. The van der Waals surface area contributed by atoms with Gasteiger partial charge < -0.3 is 30.9 Å². The summed E-state index contributed by atoms with van der Waals surface area (Å²) in [5, 5.41) is 12.3. The first-order chi connectivity index (χ1) is 15.5. The molecule has 0 aliphatic carbocycles. The van der Waals surface area contributed by atoms with E-state index < -0.39 is 6.04 Å². The zero-order valence-electron chi connectivity index (χ0n) is 19.1. The maximum absolute atomic E-state index is 12.9. The van der Waals surface area contributed by atoms with E-state index >= 15 is 0 Å². The molecule has 0 aromatic heterocycles. The third-order valence-corrected chi connectivity index (χ3v) is 5.84. The molecule has 0 radical (unpaired) electrons. The number of fused-ring (bicyclic) bond motifs is 1. The average molecular weight is 444 g/mol. The van der Waals surface area contributed by atoms with Crippen LogP contribution in [0, 0.1) is 0 Å². The van der Waals surface area contributed by atoms with Crippen molar-refractivity contribution in [2.24, 2.45) is 0 Å². The summed E-state index contributed by atoms with van der Waals surface area (Å²) in [6, 6.07) is 7.59. The van der Waals surface area contributed by atoms with E-state index in [-0.39, 0.29) is 24.4 Å². The minimum atomic E-state index is -0.566. The van der Waals surface area contributed by atoms with Gasteiger partial charge in [-0.1, -0.05) is 24.8 Å². The number of carbonyl (C=O) groups is 2. The molecule has 1 aromatic carbocycles. The largest absolute Gasteiger partial charge is 0.492 e. The molecule has 0 spiro atoms. The number of rotatable bonds is 2. The summed E-state index contributed by atoms with van der Waals surface area (Å²) in [5.41, 5.74) is 1.84. The average Bonchev–Trinajstić information content (AvgIpc) is 3.30. The fraction of sp³-hybridized carbons (Fsp3) is 0.583. The van der Waals surface area contributed by atoms with Gasteiger partial charge in [0, 0.05) is 31.4 Å². The molecule has 8 heteroatoms. The van der Waals surface area contributed by atoms with Gasteiger partial charge in [0.15, 0.2) is 0 Å². The first kappa shape index (κ1) is 24.1. The molecule has 1 fully saturated rings. The first-order valence-corrected chi connectivity index (χ1v) is 11.7. The molecule has 176 valence electrons. The smallest absolute Gasteiger partial charge is 0.243 e. The summed E-state index contributed by atoms with van der Waals surface area (Å²) in [4.78, 5) is 27.6. The highest BCUT2D eigenvalue weighted by Crippen LogP contribution is 2.19. The van der Waals surface area contributed by atoms with Gasteiger partial charge in [-0.2, -0.15) is 0 Å². The number of para-hydroxylation sites is 1. The van der Waals surface area contributed by atoms with Crippen molar-refractivity contribution < 1.29 is 14.3 Å². The van der Waals surface area contributed by atoms with Crippen LogP contribution in [0.5, 0.6) is 5.75 Å². The second kappa shape index (κ2) is 12.5. The van der Waals surface area contributed by atoms with Gasteiger partial charge in [0.2, 0.25) is 11.8 Å². The summed E-state index contributed by atoms with van der Waals surface area (Å²) >= 11 is 0. The monoisotopic (exact) mass is 443 g/mol. The number of aryl methyl sites for hydroxylation is 1. The summed E-state index contributed by atoms with van der Waals surface area (Å²) in [6.45, 7) is 10.2. The Bertz CT molecular complexity index is 779. The molecular formula is C24H37N5O3. The molecular weight excluding hydrogens is 406 g/mol. The van der Waals surface area contributed by atoms with Crippen LogP contribution >= 0.6 is 0 Å². The summed E-state index contributed by atoms with van der Waals surface area (Å²) in [6.07, 6.45) is 3.88. The van der Waals surface area contributed by atoms with Crippen LogP contribution in [0.2, 0.25) is 0 Å². The Kier molecular flexibility index (Phi) is 9.37. The van der Waals surface area contributed by atoms with E-state index in [1.807, 2.05) is 18.2 Å². The van der Waals surface area contributed by atoms with Crippen LogP contribution in [0.1, 0.15) is 31.7 Å². The molecule has 2 heterocycles. The first-order valence-electron chi connectivity index (χ1n) is 11.7. The van der Waals surface area contributed by atoms with Crippen LogP contribution < -0.4 is 26.0 Å². The van der Waals surface area contributed by atoms with Gasteiger partial charge in [-0.05, 0) is 57.3 Å². The number of hydrogen-bond donors (Lipinski definition) is 4. The van der Waals surface area contributed by atoms with E-state index in [0.717, 1.165) is 50.1 Å². The van der Waals surface area contributed by atoms with Crippen molar-refractivity contribution in [1.29, 1.82) is 0 Å². The fourth-order valence-corrected chi connectivity index (χ4v) is 3.97. The van der Waals surface area contributed by atoms with Gasteiger partial charge in [0.1, 0.15) is 18.4 Å². The van der Waals surface area contributed by atoms with Gasteiger partial charge >= 0.3 is 0 Å². The summed E-state index contributed by atoms with van der Waals surface area (Å²) in [7, 11) is 0. The van der Waals surface area contributed by atoms with Crippen LogP contribution in [-0.4, -0.2) is 74.7 Å². The summed E-state index contributed by atoms with van der Waals surface area (Å²) in [5.74, 6) is 0.534. The molecule has 0 saturated carbocycles. The quantitative estimate of drug-likeness (QED) is 0.540. The normalized spacial score (nSPS) is 24.8. The zero-order valence-corrected chi connectivity index (χ0v) is 19.1. The molecule has 0 bridgehead atoms. The lowest BCUT2D eigenvalue weighted by Gasteiger charge is -2.24. The lowest BCUT2D eigenvalue weighted by atomic mass is 10.1. The fourth-order valence-electron chi connectivity index (χ4n) is 3.97. The number of benzene rings is 1. The molecule has 1 aromatic rings. The molecule has 4 N–H and O–H groups in total. The lowest BCUT2D eigenvalue weighted by Crippen LogP contribution is -2.54. The van der Waals surface area contributed by atoms with Crippen LogP contribution in [-0.2, 0) is 16.0 Å². The third kappa shape index (κ3) is 7.84. The number of amides is 2. The van der Waals surface area contributed by atoms with Crippen molar-refractivity contribution in [3.8, 4) is 5.75 Å². The minimum Gasteiger partial charge on any atom is -0.492 e. The third-order valence-electron chi connectivity index (χ3n) is 5.84. The maximum Gasteiger partial charge on any atom is 0.243 e. The van der Waals surface area contributed by atoms with Crippen molar-refractivity contribution in [3.63, 3.8) is 0 Å². The number of nitrogens with zero attached hydrogens (tertiary/aromatic N) is 1. The molecule has 2 atom stereocenters. The number of ether oxygens (including phenoxy) is 1. The molecule has 8 nitrogen and oxygen atoms in total. The predicted octanol–water partition coefficient (Wildman–Crippen LogP) is 0.790. The van der Waals surface area contributed by atoms with E-state index in [0.29, 0.717) is 31.9 Å². The Morgan fingerprint density at radius 2 is 1.88 bits per heavy atom. The molecule has 2 amide bonds. The summed E-state index contributed by atoms with van der Waals surface area (Å²) < 4.78 is 6.04. The highest BCUT2D eigenvalue weighted by Gasteiger charge is 2.25. The number of nitrogens with one attached hydrogen (secondary N) is 4. The Labute approximate surface area is 191 Å². The topological polar surface area (TPSA) is 94.7 Å². The van der Waals surface area contributed by atoms with Crippen LogP contribution in [0.25, 0.3) is 0 Å². The zero-order chi connectivity index (χ0) is 22.8. The molecule has 2 aliphatic rings. The van der Waals surface area contributed by atoms with E-state index in [1.54, 1.807) is 0 Å². The number of hydrogen-bond acceptors (Lipinski definition) is 6. The molecule has 32 heavy (non-hydrogen) atoms. The van der Waals surface area contributed by atoms with E-state index in [1.165, 1.54) is 0 Å². The second-order valence-electron chi connectivity index (χ2n) is 8.68. The Hall–Kier alpha value is -2.58. The van der Waals surface area contributed by atoms with Gasteiger partial charge in [-0.15, -0.1) is 0 Å². The van der Waals surface area contributed by atoms with E-state index in [4.69, 9.17) is 4.74 Å². The van der Waals surface area contributed by atoms with Crippen molar-refractivity contribution >= 4 is 11.8 Å². The minimum absolute atomic E-state index is 0.0859. The van der Waals surface area contributed by atoms with Crippen LogP contribution in [0.4, 0.5) is 0 Å². The number of carbonyl (C=O) groups excluding carboxylic acids is 2. The lowest BCUT2D eigenvalue weighted by molar-refractivity contribution is -0.129. The molecule has 1 saturated heterocycles. The van der Waals surface area contributed by atoms with Crippen molar-refractivity contribution in [1.82, 2.24) is 26.2 Å². The van der Waals surface area contributed by atoms with Crippen molar-refractivity contribution in [2.75, 3.05) is 45.9 Å². The standard InChI is InChI=1S/C24H37N5O3/c1-18-14-26-19(2)17-32-22-10-4-3-8-20(22)9-7-11-25-24(31)21(28-23(30)15-27-18)16-29-12-5-6-13-29/h3-4,8,10,19,21,26-27H,1,5-7,9,11-17H2,2H3,(H,25,31)(H,28,30)/t19-,21?/m0/s1. The van der Waals surface area contributed by atoms with Gasteiger partial charge in [0.05, 0.1) is 6.54 Å². The molecule has 2 aliphatic heterocycles. The maximum atomic E-state index is 12.9. The van der Waals surface area contributed by atoms with Gasteiger partial charge in [0.25, 0.3) is 0 Å². The highest BCUT2D eigenvalue weighted by molar-refractivity contribution is 5.88. The second-order valence-corrected chi connectivity index (χ2v) is 8.68. The Morgan fingerprint density at radius 1 is 1.09 bits per heavy atom. The van der Waals surface area contributed by atoms with Crippen LogP contribution in [0.3, 0.4) is 0 Å². The Balaban J connectivity index is 1.66. The van der Waals surface area contributed by atoms with Gasteiger partial charge in [-0.3, -0.25) is 9.59 Å². The van der Waals surface area contributed by atoms with Gasteiger partial charge in [-0.25, -0.2) is 0 Å². The molecule has 1 unspecified atom stereocenters. The van der Waals surface area contributed by atoms with Crippen molar-refractivity contribution in [2.45, 2.75) is 44.7 Å². The molecule has 3 rings (SSSR count). The highest BCUT2D eigenvalue weighted by atomic mass is 16.5. The Morgan fingerprint density at radius 3 is 2.69 bits per heavy atom. The van der Waals surface area contributed by atoms with E-state index in [9.17, 15) is 9.59 Å². The van der Waals surface area contributed by atoms with Crippen LogP contribution in [0.15, 0.2) is 36.5 Å². The number of likely N-dealkylation sites (tertiary alicyclic amines) is 1.